The van der Waals surface area contributed by atoms with Crippen molar-refractivity contribution in [3.63, 3.8) is 0 Å². The van der Waals surface area contributed by atoms with Gasteiger partial charge in [-0.05, 0) is 44.4 Å². The van der Waals surface area contributed by atoms with Gasteiger partial charge in [0.2, 0.25) is 0 Å². The second-order valence-corrected chi connectivity index (χ2v) is 5.84. The lowest BCUT2D eigenvalue weighted by molar-refractivity contribution is 0.306. The van der Waals surface area contributed by atoms with Gasteiger partial charge in [-0.3, -0.25) is 0 Å². The zero-order valence-electron chi connectivity index (χ0n) is 14.5. The second-order valence-electron chi connectivity index (χ2n) is 5.84. The third-order valence-electron chi connectivity index (χ3n) is 3.21. The standard InChI is InChI=1S/C16H16N2O.C3H9N.HI/c17-9-13-10-18-16-8-14(6-7-15(13)16)19-11-12-4-2-1-3-5-12;1-4(2)3;/h1-8,10,18H,9,11,17H2;1-3H3;1H. The molecule has 1 aromatic heterocycles. The third kappa shape index (κ3) is 6.14. The molecule has 130 valence electrons. The number of nitrogens with two attached hydrogens (primary N) is 1. The summed E-state index contributed by atoms with van der Waals surface area (Å²) in [6, 6.07) is 16.2. The molecule has 24 heavy (non-hydrogen) atoms. The van der Waals surface area contributed by atoms with Gasteiger partial charge in [0.15, 0.2) is 0 Å². The second kappa shape index (κ2) is 10.3. The summed E-state index contributed by atoms with van der Waals surface area (Å²) in [5.41, 5.74) is 9.04. The van der Waals surface area contributed by atoms with Gasteiger partial charge in [0.25, 0.3) is 0 Å². The molecule has 0 bridgehead atoms. The largest absolute Gasteiger partial charge is 0.489 e. The zero-order chi connectivity index (χ0) is 16.7. The van der Waals surface area contributed by atoms with Gasteiger partial charge in [-0.1, -0.05) is 30.3 Å². The molecule has 0 unspecified atom stereocenters. The molecule has 1 heterocycles. The minimum atomic E-state index is 0. The van der Waals surface area contributed by atoms with Gasteiger partial charge >= 0.3 is 0 Å². The quantitative estimate of drug-likeness (QED) is 0.605. The van der Waals surface area contributed by atoms with Crippen LogP contribution in [0.3, 0.4) is 0 Å². The van der Waals surface area contributed by atoms with Crippen molar-refractivity contribution in [2.75, 3.05) is 21.1 Å². The average molecular weight is 439 g/mol. The van der Waals surface area contributed by atoms with Crippen LogP contribution < -0.4 is 10.5 Å². The fourth-order valence-electron chi connectivity index (χ4n) is 2.16. The van der Waals surface area contributed by atoms with E-state index >= 15 is 0 Å². The number of nitrogens with zero attached hydrogens (tertiary/aromatic N) is 1. The van der Waals surface area contributed by atoms with E-state index in [1.807, 2.05) is 68.6 Å². The van der Waals surface area contributed by atoms with Gasteiger partial charge in [-0.2, -0.15) is 0 Å². The first-order chi connectivity index (χ1) is 11.1. The Kier molecular flexibility index (Phi) is 8.81. The van der Waals surface area contributed by atoms with Gasteiger partial charge < -0.3 is 20.4 Å². The van der Waals surface area contributed by atoms with Crippen LogP contribution in [0.4, 0.5) is 0 Å². The van der Waals surface area contributed by atoms with Crippen LogP contribution in [0, 0.1) is 0 Å². The Labute approximate surface area is 161 Å². The normalized spacial score (nSPS) is 10.0. The maximum Gasteiger partial charge on any atom is 0.121 e. The first-order valence-electron chi connectivity index (χ1n) is 7.68. The lowest BCUT2D eigenvalue weighted by Crippen LogP contribution is -1.99. The van der Waals surface area contributed by atoms with Crippen molar-refractivity contribution < 1.29 is 4.74 Å². The number of nitrogens with one attached hydrogen (secondary N) is 1. The molecule has 0 fully saturated rings. The van der Waals surface area contributed by atoms with Gasteiger partial charge in [-0.15, -0.1) is 24.0 Å². The fraction of sp³-hybridized carbons (Fsp3) is 0.263. The Hall–Kier alpha value is -1.57. The summed E-state index contributed by atoms with van der Waals surface area (Å²) in [4.78, 5) is 5.22. The van der Waals surface area contributed by atoms with E-state index in [4.69, 9.17) is 10.5 Å². The van der Waals surface area contributed by atoms with Gasteiger partial charge in [0.05, 0.1) is 0 Å². The van der Waals surface area contributed by atoms with Gasteiger partial charge in [-0.25, -0.2) is 0 Å². The lowest BCUT2D eigenvalue weighted by atomic mass is 10.1. The number of rotatable bonds is 4. The first kappa shape index (κ1) is 20.5. The summed E-state index contributed by atoms with van der Waals surface area (Å²) in [6.07, 6.45) is 1.95. The van der Waals surface area contributed by atoms with Crippen LogP contribution in [0.5, 0.6) is 5.75 Å². The highest BCUT2D eigenvalue weighted by Crippen LogP contribution is 2.23. The van der Waals surface area contributed by atoms with Crippen molar-refractivity contribution in [3.8, 4) is 5.75 Å². The van der Waals surface area contributed by atoms with Crippen LogP contribution in [-0.2, 0) is 13.2 Å². The van der Waals surface area contributed by atoms with Crippen LogP contribution in [-0.4, -0.2) is 31.0 Å². The smallest absolute Gasteiger partial charge is 0.121 e. The number of ether oxygens (including phenoxy) is 1. The number of H-pyrrole nitrogens is 1. The Morgan fingerprint density at radius 1 is 1.04 bits per heavy atom. The lowest BCUT2D eigenvalue weighted by Gasteiger charge is -2.06. The van der Waals surface area contributed by atoms with Crippen molar-refractivity contribution in [2.24, 2.45) is 5.73 Å². The molecule has 0 radical (unpaired) electrons. The first-order valence-corrected chi connectivity index (χ1v) is 7.68. The molecule has 0 saturated carbocycles. The molecule has 0 atom stereocenters. The van der Waals surface area contributed by atoms with Crippen molar-refractivity contribution in [3.05, 3.63) is 65.9 Å². The van der Waals surface area contributed by atoms with Crippen molar-refractivity contribution in [1.82, 2.24) is 9.88 Å². The zero-order valence-corrected chi connectivity index (χ0v) is 16.8. The maximum atomic E-state index is 5.79. The van der Waals surface area contributed by atoms with E-state index < -0.39 is 0 Å². The highest BCUT2D eigenvalue weighted by atomic mass is 127. The number of aromatic amines is 1. The Balaban J connectivity index is 0.000000522. The molecule has 3 N–H and O–H groups in total. The van der Waals surface area contributed by atoms with E-state index in [1.165, 1.54) is 0 Å². The highest BCUT2D eigenvalue weighted by Gasteiger charge is 2.03. The third-order valence-corrected chi connectivity index (χ3v) is 3.21. The number of aromatic nitrogens is 1. The maximum absolute atomic E-state index is 5.79. The molecule has 0 spiro atoms. The molecule has 0 saturated heterocycles. The summed E-state index contributed by atoms with van der Waals surface area (Å²) in [5, 5.41) is 1.16. The summed E-state index contributed by atoms with van der Waals surface area (Å²) in [7, 11) is 6.00. The average Bonchev–Trinajstić information content (AvgIpc) is 2.95. The summed E-state index contributed by atoms with van der Waals surface area (Å²) >= 11 is 0. The molecule has 0 aliphatic carbocycles. The van der Waals surface area contributed by atoms with E-state index in [1.54, 1.807) is 0 Å². The minimum Gasteiger partial charge on any atom is -0.489 e. The predicted octanol–water partition coefficient (Wildman–Crippen LogP) is 4.00. The molecule has 0 amide bonds. The van der Waals surface area contributed by atoms with Crippen molar-refractivity contribution in [2.45, 2.75) is 13.2 Å². The van der Waals surface area contributed by atoms with Gasteiger partial charge in [0.1, 0.15) is 12.4 Å². The SMILES string of the molecule is CN(C)C.I.NCc1c[nH]c2cc(OCc3ccccc3)ccc12. The van der Waals surface area contributed by atoms with E-state index in [2.05, 4.69) is 17.1 Å². The molecule has 0 aliphatic heterocycles. The van der Waals surface area contributed by atoms with Crippen molar-refractivity contribution >= 4 is 34.9 Å². The molecular formula is C19H26IN3O. The van der Waals surface area contributed by atoms with Crippen molar-refractivity contribution in [1.29, 1.82) is 0 Å². The number of halogens is 1. The summed E-state index contributed by atoms with van der Waals surface area (Å²) in [6.45, 7) is 1.13. The predicted molar refractivity (Wildman–Crippen MR) is 112 cm³/mol. The van der Waals surface area contributed by atoms with Crippen LogP contribution in [0.2, 0.25) is 0 Å². The van der Waals surface area contributed by atoms with Crippen LogP contribution in [0.25, 0.3) is 10.9 Å². The monoisotopic (exact) mass is 439 g/mol. The molecule has 4 nitrogen and oxygen atoms in total. The van der Waals surface area contributed by atoms with E-state index in [-0.39, 0.29) is 24.0 Å². The molecule has 0 aliphatic rings. The molecular weight excluding hydrogens is 413 g/mol. The fourth-order valence-corrected chi connectivity index (χ4v) is 2.16. The Bertz CT molecular complexity index is 723. The topological polar surface area (TPSA) is 54.3 Å². The van der Waals surface area contributed by atoms with E-state index in [0.29, 0.717) is 13.2 Å². The number of hydrogen-bond acceptors (Lipinski definition) is 3. The molecule has 3 rings (SSSR count). The molecule has 5 heteroatoms. The minimum absolute atomic E-state index is 0. The molecule has 3 aromatic rings. The van der Waals surface area contributed by atoms with E-state index in [0.717, 1.165) is 27.8 Å². The number of benzene rings is 2. The molecule has 2 aromatic carbocycles. The summed E-state index contributed by atoms with van der Waals surface area (Å²) in [5.74, 6) is 0.863. The van der Waals surface area contributed by atoms with Gasteiger partial charge in [0, 0.05) is 29.7 Å². The number of hydrogen-bond donors (Lipinski definition) is 2. The highest BCUT2D eigenvalue weighted by molar-refractivity contribution is 14.0. The Morgan fingerprint density at radius 3 is 2.33 bits per heavy atom. The van der Waals surface area contributed by atoms with Crippen LogP contribution in [0.1, 0.15) is 11.1 Å². The number of fused-ring (bicyclic) bond motifs is 1. The summed E-state index contributed by atoms with van der Waals surface area (Å²) < 4.78 is 5.79. The van der Waals surface area contributed by atoms with Crippen LogP contribution >= 0.6 is 24.0 Å². The van der Waals surface area contributed by atoms with Crippen LogP contribution in [0.15, 0.2) is 54.7 Å². The Morgan fingerprint density at radius 2 is 1.71 bits per heavy atom. The van der Waals surface area contributed by atoms with E-state index in [9.17, 15) is 0 Å².